The van der Waals surface area contributed by atoms with E-state index in [1.165, 1.54) is 14.2 Å². The van der Waals surface area contributed by atoms with Gasteiger partial charge in [0.05, 0.1) is 64.0 Å². The number of hydrogen-bond acceptors (Lipinski definition) is 12. The summed E-state index contributed by atoms with van der Waals surface area (Å²) < 4.78 is 9.57. The summed E-state index contributed by atoms with van der Waals surface area (Å²) in [7, 11) is 2.66. The molecule has 12 heteroatoms. The van der Waals surface area contributed by atoms with Gasteiger partial charge in [0, 0.05) is 18.5 Å². The molecule has 3 rings (SSSR count). The maximum absolute atomic E-state index is 11.8. The van der Waals surface area contributed by atoms with Crippen molar-refractivity contribution in [3.63, 3.8) is 0 Å². The van der Waals surface area contributed by atoms with Crippen LogP contribution >= 0.6 is 0 Å². The zero-order valence-corrected chi connectivity index (χ0v) is 20.9. The second-order valence-corrected chi connectivity index (χ2v) is 7.53. The predicted molar refractivity (Wildman–Crippen MR) is 138 cm³/mol. The number of carbonyl (C=O) groups excluding carboxylic acids is 2. The molecule has 0 aliphatic carbocycles. The maximum Gasteiger partial charge on any atom is 0.307 e. The number of aromatic nitrogens is 4. The maximum atomic E-state index is 11.8. The van der Waals surface area contributed by atoms with Crippen LogP contribution in [-0.4, -0.2) is 71.6 Å². The predicted octanol–water partition coefficient (Wildman–Crippen LogP) is 2.38. The molecule has 3 aromatic rings. The van der Waals surface area contributed by atoms with Gasteiger partial charge < -0.3 is 9.47 Å². The lowest BCUT2D eigenvalue weighted by Crippen LogP contribution is -2.25. The molecule has 37 heavy (non-hydrogen) atoms. The highest BCUT2D eigenvalue weighted by molar-refractivity contribution is 5.79. The third-order valence-electron chi connectivity index (χ3n) is 4.88. The van der Waals surface area contributed by atoms with Crippen molar-refractivity contribution in [1.82, 2.24) is 19.9 Å². The van der Waals surface area contributed by atoms with Gasteiger partial charge in [-0.25, -0.2) is 20.0 Å². The van der Waals surface area contributed by atoms with Gasteiger partial charge in [-0.1, -0.05) is 12.1 Å². The standard InChI is InChI=1S/C25H28N8O4/c1-19-30-22(32(14-10-24(34)36-2)28-17-20-8-4-6-12-26-20)16-23(31-19)33(15-11-25(35)37-3)29-18-21-9-5-7-13-27-21/h4-9,12-13,16-18H,10-11,14-15H2,1-3H3/b28-17+,29-18+. The van der Waals surface area contributed by atoms with Crippen LogP contribution < -0.4 is 10.0 Å². The monoisotopic (exact) mass is 504 g/mol. The SMILES string of the molecule is COC(=O)CCN(/N=C/c1ccccn1)c1cc(N(CCC(=O)OC)/N=C/c2ccccn2)nc(C)n1. The van der Waals surface area contributed by atoms with E-state index in [4.69, 9.17) is 9.47 Å². The van der Waals surface area contributed by atoms with Crippen LogP contribution in [0.4, 0.5) is 11.6 Å². The van der Waals surface area contributed by atoms with E-state index >= 15 is 0 Å². The molecule has 0 fully saturated rings. The molecular weight excluding hydrogens is 476 g/mol. The quantitative estimate of drug-likeness (QED) is 0.205. The smallest absolute Gasteiger partial charge is 0.307 e. The van der Waals surface area contributed by atoms with Crippen molar-refractivity contribution in [3.05, 3.63) is 72.1 Å². The van der Waals surface area contributed by atoms with E-state index in [1.54, 1.807) is 72.1 Å². The Morgan fingerprint density at radius 3 is 1.65 bits per heavy atom. The Balaban J connectivity index is 1.95. The van der Waals surface area contributed by atoms with E-state index in [0.29, 0.717) is 28.8 Å². The first kappa shape index (κ1) is 26.9. The lowest BCUT2D eigenvalue weighted by atomic mass is 10.3. The summed E-state index contributed by atoms with van der Waals surface area (Å²) in [5.41, 5.74) is 1.27. The summed E-state index contributed by atoms with van der Waals surface area (Å²) in [6.07, 6.45) is 6.62. The molecule has 0 spiro atoms. The number of carbonyl (C=O) groups is 2. The van der Waals surface area contributed by atoms with Crippen molar-refractivity contribution in [2.24, 2.45) is 10.2 Å². The minimum Gasteiger partial charge on any atom is -0.469 e. The van der Waals surface area contributed by atoms with Crippen LogP contribution in [0.5, 0.6) is 0 Å². The highest BCUT2D eigenvalue weighted by Gasteiger charge is 2.16. The number of hydrazone groups is 2. The van der Waals surface area contributed by atoms with Crippen LogP contribution in [0.3, 0.4) is 0 Å². The molecule has 0 N–H and O–H groups in total. The molecule has 3 heterocycles. The molecule has 192 valence electrons. The van der Waals surface area contributed by atoms with Crippen LogP contribution in [0, 0.1) is 6.92 Å². The lowest BCUT2D eigenvalue weighted by Gasteiger charge is -2.22. The first-order valence-corrected chi connectivity index (χ1v) is 11.4. The zero-order chi connectivity index (χ0) is 26.5. The highest BCUT2D eigenvalue weighted by Crippen LogP contribution is 2.21. The van der Waals surface area contributed by atoms with Gasteiger partial charge in [-0.05, 0) is 31.2 Å². The van der Waals surface area contributed by atoms with Crippen LogP contribution in [0.2, 0.25) is 0 Å². The second kappa shape index (κ2) is 14.0. The number of esters is 2. The van der Waals surface area contributed by atoms with Gasteiger partial charge >= 0.3 is 11.9 Å². The molecule has 0 saturated heterocycles. The summed E-state index contributed by atoms with van der Waals surface area (Å²) in [6, 6.07) is 12.6. The van der Waals surface area contributed by atoms with E-state index < -0.39 is 0 Å². The Morgan fingerprint density at radius 2 is 1.27 bits per heavy atom. The van der Waals surface area contributed by atoms with Gasteiger partial charge in [0.15, 0.2) is 11.6 Å². The van der Waals surface area contributed by atoms with Crippen molar-refractivity contribution < 1.29 is 19.1 Å². The van der Waals surface area contributed by atoms with E-state index in [2.05, 4.69) is 30.1 Å². The summed E-state index contributed by atoms with van der Waals surface area (Å²) in [6.45, 7) is 2.13. The fraction of sp³-hybridized carbons (Fsp3) is 0.280. The number of methoxy groups -OCH3 is 2. The number of pyridine rings is 2. The van der Waals surface area contributed by atoms with Gasteiger partial charge in [-0.3, -0.25) is 19.6 Å². The normalized spacial score (nSPS) is 11.0. The van der Waals surface area contributed by atoms with Crippen molar-refractivity contribution >= 4 is 36.0 Å². The van der Waals surface area contributed by atoms with Crippen LogP contribution in [0.25, 0.3) is 0 Å². The molecule has 0 aromatic carbocycles. The molecule has 0 atom stereocenters. The molecule has 0 aliphatic rings. The number of ether oxygens (including phenoxy) is 2. The third kappa shape index (κ3) is 8.76. The van der Waals surface area contributed by atoms with Gasteiger partial charge in [-0.2, -0.15) is 10.2 Å². The van der Waals surface area contributed by atoms with Crippen LogP contribution in [-0.2, 0) is 19.1 Å². The van der Waals surface area contributed by atoms with Gasteiger partial charge in [0.2, 0.25) is 0 Å². The molecule has 3 aromatic heterocycles. The Labute approximate surface area is 214 Å². The molecule has 0 amide bonds. The fourth-order valence-electron chi connectivity index (χ4n) is 3.02. The topological polar surface area (TPSA) is 135 Å². The molecule has 0 saturated carbocycles. The minimum atomic E-state index is -0.385. The molecular formula is C25H28N8O4. The van der Waals surface area contributed by atoms with Crippen molar-refractivity contribution in [2.45, 2.75) is 19.8 Å². The number of nitrogens with zero attached hydrogens (tertiary/aromatic N) is 8. The number of aryl methyl sites for hydroxylation is 1. The van der Waals surface area contributed by atoms with E-state index in [0.717, 1.165) is 0 Å². The zero-order valence-electron chi connectivity index (χ0n) is 20.9. The molecule has 0 aliphatic heterocycles. The number of anilines is 2. The minimum absolute atomic E-state index is 0.0817. The Kier molecular flexibility index (Phi) is 10.1. The Hall–Kier alpha value is -4.74. The number of rotatable bonds is 12. The lowest BCUT2D eigenvalue weighted by molar-refractivity contribution is -0.141. The molecule has 0 unspecified atom stereocenters. The van der Waals surface area contributed by atoms with Gasteiger partial charge in [-0.15, -0.1) is 0 Å². The first-order chi connectivity index (χ1) is 18.0. The highest BCUT2D eigenvalue weighted by atomic mass is 16.5. The first-order valence-electron chi connectivity index (χ1n) is 11.4. The number of hydrogen-bond donors (Lipinski definition) is 0. The van der Waals surface area contributed by atoms with Crippen molar-refractivity contribution in [2.75, 3.05) is 37.3 Å². The van der Waals surface area contributed by atoms with E-state index in [9.17, 15) is 9.59 Å². The second-order valence-electron chi connectivity index (χ2n) is 7.53. The van der Waals surface area contributed by atoms with Crippen LogP contribution in [0.15, 0.2) is 65.1 Å². The third-order valence-corrected chi connectivity index (χ3v) is 4.88. The Bertz CT molecular complexity index is 1130. The summed E-state index contributed by atoms with van der Waals surface area (Å²) in [4.78, 5) is 41.2. The molecule has 0 bridgehead atoms. The Morgan fingerprint density at radius 1 is 0.811 bits per heavy atom. The summed E-state index contributed by atoms with van der Waals surface area (Å²) >= 11 is 0. The van der Waals surface area contributed by atoms with E-state index in [1.807, 2.05) is 12.1 Å². The largest absolute Gasteiger partial charge is 0.469 e. The van der Waals surface area contributed by atoms with E-state index in [-0.39, 0.29) is 37.9 Å². The van der Waals surface area contributed by atoms with Gasteiger partial charge in [0.1, 0.15) is 5.82 Å². The average molecular weight is 505 g/mol. The molecule has 12 nitrogen and oxygen atoms in total. The fourth-order valence-corrected chi connectivity index (χ4v) is 3.02. The summed E-state index contributed by atoms with van der Waals surface area (Å²) in [5.74, 6) is 0.525. The van der Waals surface area contributed by atoms with Crippen molar-refractivity contribution in [1.29, 1.82) is 0 Å². The average Bonchev–Trinajstić information content (AvgIpc) is 2.93. The summed E-state index contributed by atoms with van der Waals surface area (Å²) in [5, 5.41) is 12.1. The molecule has 0 radical (unpaired) electrons. The van der Waals surface area contributed by atoms with Gasteiger partial charge in [0.25, 0.3) is 0 Å². The van der Waals surface area contributed by atoms with Crippen LogP contribution in [0.1, 0.15) is 30.1 Å². The van der Waals surface area contributed by atoms with Crippen molar-refractivity contribution in [3.8, 4) is 0 Å².